The Labute approximate surface area is 188 Å². The Morgan fingerprint density at radius 3 is 2.72 bits per heavy atom. The van der Waals surface area contributed by atoms with Gasteiger partial charge in [0.25, 0.3) is 0 Å². The van der Waals surface area contributed by atoms with Gasteiger partial charge in [0.05, 0.1) is 12.0 Å². The molecule has 0 aliphatic rings. The third-order valence-corrected chi connectivity index (χ3v) is 6.04. The maximum atomic E-state index is 12.5. The van der Waals surface area contributed by atoms with Crippen molar-refractivity contribution in [3.05, 3.63) is 84.8 Å². The number of para-hydroxylation sites is 2. The molecule has 7 nitrogen and oxygen atoms in total. The van der Waals surface area contributed by atoms with Crippen LogP contribution in [-0.4, -0.2) is 38.0 Å². The van der Waals surface area contributed by atoms with E-state index < -0.39 is 0 Å². The molecule has 0 unspecified atom stereocenters. The second kappa shape index (κ2) is 9.15. The molecule has 0 saturated heterocycles. The summed E-state index contributed by atoms with van der Waals surface area (Å²) in [4.78, 5) is 15.7. The molecule has 0 aliphatic carbocycles. The van der Waals surface area contributed by atoms with Gasteiger partial charge in [-0.3, -0.25) is 9.36 Å². The Morgan fingerprint density at radius 2 is 1.88 bits per heavy atom. The van der Waals surface area contributed by atoms with E-state index in [4.69, 9.17) is 4.42 Å². The zero-order chi connectivity index (χ0) is 21.8. The highest BCUT2D eigenvalue weighted by Crippen LogP contribution is 2.28. The number of carbonyl (C=O) groups is 1. The van der Waals surface area contributed by atoms with Crippen molar-refractivity contribution in [3.63, 3.8) is 0 Å². The molecule has 5 aromatic rings. The molecular formula is C24H21N5O2S. The van der Waals surface area contributed by atoms with Gasteiger partial charge < -0.3 is 14.7 Å². The van der Waals surface area contributed by atoms with Crippen LogP contribution in [0.2, 0.25) is 0 Å². The van der Waals surface area contributed by atoms with E-state index in [1.54, 1.807) is 6.26 Å². The molecule has 0 aliphatic heterocycles. The van der Waals surface area contributed by atoms with Crippen LogP contribution in [0.4, 0.5) is 0 Å². The van der Waals surface area contributed by atoms with Crippen molar-refractivity contribution < 1.29 is 9.21 Å². The minimum absolute atomic E-state index is 0.0444. The van der Waals surface area contributed by atoms with E-state index in [0.717, 1.165) is 17.6 Å². The van der Waals surface area contributed by atoms with Crippen LogP contribution >= 0.6 is 11.8 Å². The fourth-order valence-corrected chi connectivity index (χ4v) is 4.38. The molecule has 0 atom stereocenters. The Bertz CT molecular complexity index is 1330. The number of nitrogens with one attached hydrogen (secondary N) is 2. The number of nitrogens with zero attached hydrogens (tertiary/aromatic N) is 3. The predicted molar refractivity (Wildman–Crippen MR) is 125 cm³/mol. The molecular weight excluding hydrogens is 422 g/mol. The molecule has 3 heterocycles. The number of thioether (sulfide) groups is 1. The standard InChI is InChI=1S/C24H21N5O2S/c30-22(25-13-12-17-15-26-20-10-5-4-9-19(17)20)16-32-24-28-27-23(21-11-6-14-31-21)29(24)18-7-2-1-3-8-18/h1-11,14-15,26H,12-13,16H2,(H,25,30). The summed E-state index contributed by atoms with van der Waals surface area (Å²) >= 11 is 1.35. The van der Waals surface area contributed by atoms with Crippen LogP contribution in [0.5, 0.6) is 0 Å². The van der Waals surface area contributed by atoms with Gasteiger partial charge in [-0.15, -0.1) is 10.2 Å². The monoisotopic (exact) mass is 443 g/mol. The number of benzene rings is 2. The van der Waals surface area contributed by atoms with Crippen LogP contribution in [0.15, 0.2) is 88.8 Å². The number of rotatable bonds is 8. The van der Waals surface area contributed by atoms with Crippen LogP contribution in [0.25, 0.3) is 28.2 Å². The minimum Gasteiger partial charge on any atom is -0.461 e. The molecule has 0 fully saturated rings. The summed E-state index contributed by atoms with van der Waals surface area (Å²) in [5, 5.41) is 13.4. The lowest BCUT2D eigenvalue weighted by Crippen LogP contribution is -2.27. The Morgan fingerprint density at radius 1 is 1.03 bits per heavy atom. The number of fused-ring (bicyclic) bond motifs is 1. The molecule has 5 rings (SSSR count). The lowest BCUT2D eigenvalue weighted by molar-refractivity contribution is -0.118. The summed E-state index contributed by atoms with van der Waals surface area (Å²) in [6, 6.07) is 21.6. The number of aromatic amines is 1. The molecule has 1 amide bonds. The van der Waals surface area contributed by atoms with Crippen molar-refractivity contribution in [1.82, 2.24) is 25.1 Å². The zero-order valence-electron chi connectivity index (χ0n) is 17.2. The van der Waals surface area contributed by atoms with Gasteiger partial charge >= 0.3 is 0 Å². The van der Waals surface area contributed by atoms with Gasteiger partial charge in [-0.1, -0.05) is 48.2 Å². The summed E-state index contributed by atoms with van der Waals surface area (Å²) in [7, 11) is 0. The van der Waals surface area contributed by atoms with Crippen molar-refractivity contribution in [2.45, 2.75) is 11.6 Å². The quantitative estimate of drug-likeness (QED) is 0.346. The highest BCUT2D eigenvalue weighted by atomic mass is 32.2. The van der Waals surface area contributed by atoms with E-state index in [9.17, 15) is 4.79 Å². The topological polar surface area (TPSA) is 88.7 Å². The van der Waals surface area contributed by atoms with E-state index in [1.165, 1.54) is 22.7 Å². The number of aromatic nitrogens is 4. The van der Waals surface area contributed by atoms with Crippen LogP contribution in [0.1, 0.15) is 5.56 Å². The number of furan rings is 1. The van der Waals surface area contributed by atoms with E-state index >= 15 is 0 Å². The summed E-state index contributed by atoms with van der Waals surface area (Å²) < 4.78 is 7.43. The number of hydrogen-bond acceptors (Lipinski definition) is 5. The summed E-state index contributed by atoms with van der Waals surface area (Å²) in [5.74, 6) is 1.42. The minimum atomic E-state index is -0.0444. The van der Waals surface area contributed by atoms with Crippen molar-refractivity contribution >= 4 is 28.6 Å². The van der Waals surface area contributed by atoms with Crippen LogP contribution in [-0.2, 0) is 11.2 Å². The number of carbonyl (C=O) groups excluding carboxylic acids is 1. The number of H-pyrrole nitrogens is 1. The lowest BCUT2D eigenvalue weighted by Gasteiger charge is -2.09. The maximum absolute atomic E-state index is 12.5. The first-order chi connectivity index (χ1) is 15.8. The van der Waals surface area contributed by atoms with Crippen LogP contribution in [0.3, 0.4) is 0 Å². The molecule has 8 heteroatoms. The van der Waals surface area contributed by atoms with Crippen molar-refractivity contribution in [1.29, 1.82) is 0 Å². The van der Waals surface area contributed by atoms with Gasteiger partial charge in [-0.25, -0.2) is 0 Å². The SMILES string of the molecule is O=C(CSc1nnc(-c2ccco2)n1-c1ccccc1)NCCc1c[nH]c2ccccc12. The molecule has 0 bridgehead atoms. The molecule has 3 aromatic heterocycles. The average Bonchev–Trinajstić information content (AvgIpc) is 3.58. The highest BCUT2D eigenvalue weighted by Gasteiger charge is 2.18. The molecule has 0 saturated carbocycles. The highest BCUT2D eigenvalue weighted by molar-refractivity contribution is 7.99. The summed E-state index contributed by atoms with van der Waals surface area (Å²) in [6.07, 6.45) is 4.38. The van der Waals surface area contributed by atoms with Gasteiger partial charge in [0.1, 0.15) is 0 Å². The molecule has 160 valence electrons. The first kappa shape index (κ1) is 20.1. The lowest BCUT2D eigenvalue weighted by atomic mass is 10.1. The van der Waals surface area contributed by atoms with E-state index in [0.29, 0.717) is 23.3 Å². The maximum Gasteiger partial charge on any atom is 0.230 e. The normalized spacial score (nSPS) is 11.1. The third-order valence-electron chi connectivity index (χ3n) is 5.11. The first-order valence-corrected chi connectivity index (χ1v) is 11.3. The zero-order valence-corrected chi connectivity index (χ0v) is 18.0. The van der Waals surface area contributed by atoms with E-state index in [1.807, 2.05) is 71.4 Å². The molecule has 32 heavy (non-hydrogen) atoms. The number of hydrogen-bond donors (Lipinski definition) is 2. The van der Waals surface area contributed by atoms with Crippen molar-refractivity contribution in [3.8, 4) is 17.3 Å². The van der Waals surface area contributed by atoms with E-state index in [-0.39, 0.29) is 11.7 Å². The molecule has 2 aromatic carbocycles. The van der Waals surface area contributed by atoms with Gasteiger partial charge in [0, 0.05) is 29.3 Å². The largest absolute Gasteiger partial charge is 0.461 e. The Balaban J connectivity index is 1.24. The molecule has 0 spiro atoms. The molecule has 2 N–H and O–H groups in total. The van der Waals surface area contributed by atoms with Gasteiger partial charge in [0.2, 0.25) is 11.7 Å². The fraction of sp³-hybridized carbons (Fsp3) is 0.125. The second-order valence-electron chi connectivity index (χ2n) is 7.20. The predicted octanol–water partition coefficient (Wildman–Crippen LogP) is 4.46. The van der Waals surface area contributed by atoms with Crippen LogP contribution in [0, 0.1) is 0 Å². The Hall–Kier alpha value is -3.78. The number of amides is 1. The van der Waals surface area contributed by atoms with Crippen molar-refractivity contribution in [2.24, 2.45) is 0 Å². The average molecular weight is 444 g/mol. The Kier molecular flexibility index (Phi) is 5.76. The first-order valence-electron chi connectivity index (χ1n) is 10.3. The second-order valence-corrected chi connectivity index (χ2v) is 8.15. The van der Waals surface area contributed by atoms with Gasteiger partial charge in [-0.2, -0.15) is 0 Å². The third kappa shape index (κ3) is 4.17. The summed E-state index contributed by atoms with van der Waals surface area (Å²) in [6.45, 7) is 0.574. The van der Waals surface area contributed by atoms with E-state index in [2.05, 4.69) is 26.6 Å². The smallest absolute Gasteiger partial charge is 0.230 e. The summed E-state index contributed by atoms with van der Waals surface area (Å²) in [5.41, 5.74) is 3.21. The molecule has 0 radical (unpaired) electrons. The van der Waals surface area contributed by atoms with Gasteiger partial charge in [0.15, 0.2) is 10.9 Å². The van der Waals surface area contributed by atoms with Gasteiger partial charge in [-0.05, 0) is 42.3 Å². The van der Waals surface area contributed by atoms with Crippen molar-refractivity contribution in [2.75, 3.05) is 12.3 Å². The fourth-order valence-electron chi connectivity index (χ4n) is 3.59. The van der Waals surface area contributed by atoms with Crippen LogP contribution < -0.4 is 5.32 Å².